The molecule has 0 saturated carbocycles. The van der Waals surface area contributed by atoms with Crippen molar-refractivity contribution in [2.75, 3.05) is 0 Å². The molecule has 0 aliphatic carbocycles. The van der Waals surface area contributed by atoms with Crippen LogP contribution < -0.4 is 5.73 Å². The minimum absolute atomic E-state index is 0.162. The lowest BCUT2D eigenvalue weighted by atomic mass is 10.2. The van der Waals surface area contributed by atoms with Crippen LogP contribution in [0.1, 0.15) is 17.0 Å². The van der Waals surface area contributed by atoms with Gasteiger partial charge in [0.25, 0.3) is 0 Å². The van der Waals surface area contributed by atoms with E-state index in [0.717, 1.165) is 11.3 Å². The van der Waals surface area contributed by atoms with E-state index in [9.17, 15) is 0 Å². The lowest BCUT2D eigenvalue weighted by Crippen LogP contribution is -2.14. The fourth-order valence-electron chi connectivity index (χ4n) is 1.60. The second kappa shape index (κ2) is 5.05. The van der Waals surface area contributed by atoms with Crippen LogP contribution in [0.3, 0.4) is 0 Å². The Balaban J connectivity index is 2.58. The molecule has 0 fully saturated rings. The summed E-state index contributed by atoms with van der Waals surface area (Å²) in [6.45, 7) is 2.15. The zero-order valence-corrected chi connectivity index (χ0v) is 11.8. The van der Waals surface area contributed by atoms with Crippen LogP contribution in [-0.2, 0) is 10.3 Å². The van der Waals surface area contributed by atoms with Gasteiger partial charge in [-0.1, -0.05) is 57.7 Å². The largest absolute Gasteiger partial charge is 0.325 e. The molecule has 4 nitrogen and oxygen atoms in total. The van der Waals surface area contributed by atoms with E-state index in [4.69, 9.17) is 40.5 Å². The molecule has 1 heterocycles. The Morgan fingerprint density at radius 1 is 1.22 bits per heavy atom. The monoisotopic (exact) mass is 304 g/mol. The van der Waals surface area contributed by atoms with Gasteiger partial charge in [0, 0.05) is 6.54 Å². The summed E-state index contributed by atoms with van der Waals surface area (Å²) in [5.74, 6) is 0. The third-order valence-electron chi connectivity index (χ3n) is 2.48. The van der Waals surface area contributed by atoms with Crippen molar-refractivity contribution in [1.82, 2.24) is 15.0 Å². The van der Waals surface area contributed by atoms with Crippen molar-refractivity contribution >= 4 is 34.8 Å². The molecule has 0 spiro atoms. The Labute approximate surface area is 120 Å². The molecule has 0 aliphatic rings. The molecule has 0 saturated heterocycles. The normalized spacial score (nSPS) is 11.8. The molecule has 96 valence electrons. The number of alkyl halides is 3. The number of hydrogen-bond donors (Lipinski definition) is 1. The topological polar surface area (TPSA) is 56.7 Å². The van der Waals surface area contributed by atoms with Gasteiger partial charge < -0.3 is 5.73 Å². The fraction of sp³-hybridized carbons (Fsp3) is 0.273. The Hall–Kier alpha value is -0.810. The molecule has 7 heteroatoms. The molecule has 0 atom stereocenters. The maximum atomic E-state index is 5.94. The highest BCUT2D eigenvalue weighted by Gasteiger charge is 2.32. The van der Waals surface area contributed by atoms with Gasteiger partial charge in [0.2, 0.25) is 3.79 Å². The average Bonchev–Trinajstić information content (AvgIpc) is 2.73. The third-order valence-corrected chi connectivity index (χ3v) is 3.02. The first-order chi connectivity index (χ1) is 8.43. The molecule has 2 N–H and O–H groups in total. The second-order valence-corrected chi connectivity index (χ2v) is 6.12. The average molecular weight is 306 g/mol. The van der Waals surface area contributed by atoms with Crippen molar-refractivity contribution in [3.63, 3.8) is 0 Å². The highest BCUT2D eigenvalue weighted by atomic mass is 35.6. The molecule has 1 aromatic carbocycles. The first-order valence-corrected chi connectivity index (χ1v) is 6.35. The first kappa shape index (κ1) is 13.6. The number of aromatic nitrogens is 3. The van der Waals surface area contributed by atoms with E-state index >= 15 is 0 Å². The summed E-state index contributed by atoms with van der Waals surface area (Å²) in [6.07, 6.45) is 0. The van der Waals surface area contributed by atoms with E-state index < -0.39 is 3.79 Å². The lowest BCUT2D eigenvalue weighted by Gasteiger charge is -2.14. The van der Waals surface area contributed by atoms with Crippen LogP contribution in [0.5, 0.6) is 0 Å². The smallest absolute Gasteiger partial charge is 0.234 e. The second-order valence-electron chi connectivity index (χ2n) is 3.83. The number of hydrogen-bond acceptors (Lipinski definition) is 3. The summed E-state index contributed by atoms with van der Waals surface area (Å²) in [7, 11) is 0. The van der Waals surface area contributed by atoms with Gasteiger partial charge >= 0.3 is 0 Å². The van der Waals surface area contributed by atoms with Gasteiger partial charge in [-0.25, -0.2) is 4.68 Å². The molecule has 2 rings (SSSR count). The van der Waals surface area contributed by atoms with E-state index in [-0.39, 0.29) is 6.54 Å². The number of aryl methyl sites for hydroxylation is 1. The van der Waals surface area contributed by atoms with Crippen LogP contribution in [-0.4, -0.2) is 15.0 Å². The zero-order valence-electron chi connectivity index (χ0n) is 9.57. The predicted octanol–water partition coefficient (Wildman–Crippen LogP) is 2.86. The van der Waals surface area contributed by atoms with Gasteiger partial charge in [0.1, 0.15) is 11.4 Å². The highest BCUT2D eigenvalue weighted by molar-refractivity contribution is 6.66. The van der Waals surface area contributed by atoms with Crippen LogP contribution >= 0.6 is 34.8 Å². The third kappa shape index (κ3) is 2.62. The van der Waals surface area contributed by atoms with Crippen LogP contribution in [0, 0.1) is 6.92 Å². The summed E-state index contributed by atoms with van der Waals surface area (Å²) in [5.41, 5.74) is 8.32. The van der Waals surface area contributed by atoms with Gasteiger partial charge in [-0.2, -0.15) is 0 Å². The zero-order chi connectivity index (χ0) is 13.3. The van der Waals surface area contributed by atoms with Crippen molar-refractivity contribution < 1.29 is 0 Å². The van der Waals surface area contributed by atoms with Gasteiger partial charge in [0.05, 0.1) is 5.69 Å². The van der Waals surface area contributed by atoms with Crippen molar-refractivity contribution in [1.29, 1.82) is 0 Å². The molecule has 1 aromatic heterocycles. The standard InChI is InChI=1S/C11H11Cl3N4/c1-7-2-4-8(5-3-7)18-10(11(12,13)14)9(6-15)16-17-18/h2-5H,6,15H2,1H3. The van der Waals surface area contributed by atoms with E-state index in [1.54, 1.807) is 0 Å². The Kier molecular flexibility index (Phi) is 3.82. The molecular weight excluding hydrogens is 295 g/mol. The summed E-state index contributed by atoms with van der Waals surface area (Å²) < 4.78 is -0.127. The molecule has 2 aromatic rings. The Morgan fingerprint density at radius 3 is 2.33 bits per heavy atom. The number of rotatable bonds is 2. The van der Waals surface area contributed by atoms with Crippen LogP contribution in [0.2, 0.25) is 0 Å². The molecule has 0 unspecified atom stereocenters. The maximum absolute atomic E-state index is 5.94. The van der Waals surface area contributed by atoms with E-state index in [1.165, 1.54) is 4.68 Å². The molecule has 0 amide bonds. The van der Waals surface area contributed by atoms with Crippen molar-refractivity contribution in [2.45, 2.75) is 17.3 Å². The minimum atomic E-state index is -1.62. The van der Waals surface area contributed by atoms with E-state index in [1.807, 2.05) is 31.2 Å². The molecule has 0 radical (unpaired) electrons. The van der Waals surface area contributed by atoms with Crippen molar-refractivity contribution in [3.8, 4) is 5.69 Å². The predicted molar refractivity (Wildman–Crippen MR) is 73.2 cm³/mol. The number of nitrogens with two attached hydrogens (primary N) is 1. The van der Waals surface area contributed by atoms with Gasteiger partial charge in [-0.15, -0.1) is 5.10 Å². The summed E-state index contributed by atoms with van der Waals surface area (Å²) in [6, 6.07) is 7.65. The fourth-order valence-corrected chi connectivity index (χ4v) is 2.17. The molecule has 0 bridgehead atoms. The van der Waals surface area contributed by atoms with Crippen LogP contribution in [0.15, 0.2) is 24.3 Å². The van der Waals surface area contributed by atoms with Gasteiger partial charge in [-0.05, 0) is 19.1 Å². The van der Waals surface area contributed by atoms with Crippen LogP contribution in [0.25, 0.3) is 5.69 Å². The SMILES string of the molecule is Cc1ccc(-n2nnc(CN)c2C(Cl)(Cl)Cl)cc1. The number of nitrogens with zero attached hydrogens (tertiary/aromatic N) is 3. The maximum Gasteiger partial charge on any atom is 0.234 e. The minimum Gasteiger partial charge on any atom is -0.325 e. The van der Waals surface area contributed by atoms with Crippen LogP contribution in [0.4, 0.5) is 0 Å². The molecule has 0 aliphatic heterocycles. The van der Waals surface area contributed by atoms with Gasteiger partial charge in [-0.3, -0.25) is 0 Å². The highest BCUT2D eigenvalue weighted by Crippen LogP contribution is 2.40. The lowest BCUT2D eigenvalue weighted by molar-refractivity contribution is 0.770. The molecular formula is C11H11Cl3N4. The first-order valence-electron chi connectivity index (χ1n) is 5.22. The number of halogens is 3. The Bertz CT molecular complexity index is 542. The quantitative estimate of drug-likeness (QED) is 0.868. The number of benzene rings is 1. The van der Waals surface area contributed by atoms with Gasteiger partial charge in [0.15, 0.2) is 0 Å². The molecule has 18 heavy (non-hydrogen) atoms. The summed E-state index contributed by atoms with van der Waals surface area (Å²) >= 11 is 17.8. The van der Waals surface area contributed by atoms with E-state index in [2.05, 4.69) is 10.3 Å². The summed E-state index contributed by atoms with van der Waals surface area (Å²) in [5, 5.41) is 7.92. The summed E-state index contributed by atoms with van der Waals surface area (Å²) in [4.78, 5) is 0. The van der Waals surface area contributed by atoms with Crippen molar-refractivity contribution in [3.05, 3.63) is 41.2 Å². The Morgan fingerprint density at radius 2 is 1.83 bits per heavy atom. The van der Waals surface area contributed by atoms with E-state index in [0.29, 0.717) is 11.4 Å². The van der Waals surface area contributed by atoms with Crippen molar-refractivity contribution in [2.24, 2.45) is 5.73 Å².